The summed E-state index contributed by atoms with van der Waals surface area (Å²) >= 11 is 0. The number of esters is 1. The lowest BCUT2D eigenvalue weighted by molar-refractivity contribution is -0.386. The van der Waals surface area contributed by atoms with E-state index in [0.29, 0.717) is 6.42 Å². The first kappa shape index (κ1) is 18.7. The van der Waals surface area contributed by atoms with Crippen molar-refractivity contribution in [3.63, 3.8) is 0 Å². The summed E-state index contributed by atoms with van der Waals surface area (Å²) in [6, 6.07) is 1.76. The van der Waals surface area contributed by atoms with E-state index in [9.17, 15) is 32.9 Å². The van der Waals surface area contributed by atoms with E-state index in [2.05, 4.69) is 4.74 Å². The molecule has 1 aliphatic carbocycles. The monoisotopic (exact) mass is 360 g/mol. The Morgan fingerprint density at radius 3 is 2.64 bits per heavy atom. The molecular formula is C15H15F3N2O5. The number of hydrogen-bond acceptors (Lipinski definition) is 5. The van der Waals surface area contributed by atoms with Gasteiger partial charge in [0.15, 0.2) is 0 Å². The summed E-state index contributed by atoms with van der Waals surface area (Å²) in [6.07, 6.45) is -4.46. The molecule has 1 aromatic carbocycles. The van der Waals surface area contributed by atoms with E-state index in [1.807, 2.05) is 5.32 Å². The molecule has 0 saturated carbocycles. The van der Waals surface area contributed by atoms with E-state index in [1.165, 1.54) is 12.1 Å². The van der Waals surface area contributed by atoms with Crippen molar-refractivity contribution >= 4 is 17.6 Å². The summed E-state index contributed by atoms with van der Waals surface area (Å²) in [6.45, 7) is 0. The number of ether oxygens (including phenoxy) is 1. The van der Waals surface area contributed by atoms with Gasteiger partial charge >= 0.3 is 18.1 Å². The normalized spacial score (nSPS) is 16.7. The van der Waals surface area contributed by atoms with Gasteiger partial charge < -0.3 is 10.1 Å². The van der Waals surface area contributed by atoms with E-state index >= 15 is 0 Å². The molecule has 0 spiro atoms. The van der Waals surface area contributed by atoms with Crippen molar-refractivity contribution in [2.75, 3.05) is 7.11 Å². The lowest BCUT2D eigenvalue weighted by atomic mass is 9.84. The number of benzene rings is 1. The van der Waals surface area contributed by atoms with Crippen LogP contribution in [-0.4, -0.2) is 30.1 Å². The lowest BCUT2D eigenvalue weighted by Gasteiger charge is -2.27. The first-order valence-corrected chi connectivity index (χ1v) is 7.38. The second kappa shape index (κ2) is 7.08. The number of nitro benzene ring substituents is 1. The maximum atomic E-state index is 12.5. The number of rotatable bonds is 4. The summed E-state index contributed by atoms with van der Waals surface area (Å²) in [5.74, 6) is -2.76. The van der Waals surface area contributed by atoms with Crippen LogP contribution in [0, 0.1) is 10.1 Å². The minimum absolute atomic E-state index is 0.124. The standard InChI is InChI=1S/C15H15F3N2O5/c1-25-12(21)7-8-5-6-9-10(13(8)20(23)24)3-2-4-11(9)19-14(22)15(16,17)18/h5-6,11H,2-4,7H2,1H3,(H,19,22)/t11-/m1/s1. The minimum atomic E-state index is -5.03. The van der Waals surface area contributed by atoms with Gasteiger partial charge in [0.05, 0.1) is 24.5 Å². The highest BCUT2D eigenvalue weighted by Crippen LogP contribution is 2.38. The molecular weight excluding hydrogens is 345 g/mol. The van der Waals surface area contributed by atoms with Gasteiger partial charge in [0.2, 0.25) is 0 Å². The Morgan fingerprint density at radius 2 is 2.08 bits per heavy atom. The van der Waals surface area contributed by atoms with Gasteiger partial charge in [-0.25, -0.2) is 0 Å². The fraction of sp³-hybridized carbons (Fsp3) is 0.467. The number of methoxy groups -OCH3 is 1. The number of fused-ring (bicyclic) bond motifs is 1. The first-order chi connectivity index (χ1) is 11.6. The van der Waals surface area contributed by atoms with E-state index in [0.717, 1.165) is 7.11 Å². The van der Waals surface area contributed by atoms with Crippen LogP contribution in [0.2, 0.25) is 0 Å². The number of carbonyl (C=O) groups is 2. The van der Waals surface area contributed by atoms with E-state index in [1.54, 1.807) is 0 Å². The molecule has 0 aromatic heterocycles. The zero-order valence-corrected chi connectivity index (χ0v) is 13.2. The third kappa shape index (κ3) is 4.06. The Balaban J connectivity index is 2.42. The predicted molar refractivity (Wildman–Crippen MR) is 78.7 cm³/mol. The molecule has 0 unspecified atom stereocenters. The van der Waals surface area contributed by atoms with Crippen LogP contribution < -0.4 is 5.32 Å². The molecule has 1 amide bonds. The van der Waals surface area contributed by atoms with Gasteiger partial charge in [-0.1, -0.05) is 12.1 Å². The van der Waals surface area contributed by atoms with Gasteiger partial charge in [0.1, 0.15) is 0 Å². The largest absolute Gasteiger partial charge is 0.471 e. The molecule has 0 fully saturated rings. The maximum Gasteiger partial charge on any atom is 0.471 e. The predicted octanol–water partition coefficient (Wildman–Crippen LogP) is 2.37. The molecule has 1 aromatic rings. The Bertz CT molecular complexity index is 718. The Hall–Kier alpha value is -2.65. The van der Waals surface area contributed by atoms with E-state index < -0.39 is 29.0 Å². The zero-order valence-electron chi connectivity index (χ0n) is 13.2. The molecule has 7 nitrogen and oxygen atoms in total. The van der Waals surface area contributed by atoms with Crippen LogP contribution in [0.15, 0.2) is 12.1 Å². The van der Waals surface area contributed by atoms with Gasteiger partial charge in [-0.05, 0) is 24.8 Å². The Kier molecular flexibility index (Phi) is 5.29. The number of alkyl halides is 3. The molecule has 1 atom stereocenters. The number of carbonyl (C=O) groups excluding carboxylic acids is 2. The molecule has 136 valence electrons. The first-order valence-electron chi connectivity index (χ1n) is 7.38. The minimum Gasteiger partial charge on any atom is -0.469 e. The molecule has 25 heavy (non-hydrogen) atoms. The summed E-state index contributed by atoms with van der Waals surface area (Å²) in [5.41, 5.74) is 0.321. The third-order valence-electron chi connectivity index (χ3n) is 4.01. The second-order valence-electron chi connectivity index (χ2n) is 5.57. The van der Waals surface area contributed by atoms with Crippen LogP contribution in [0.4, 0.5) is 18.9 Å². The maximum absolute atomic E-state index is 12.5. The number of nitrogens with zero attached hydrogens (tertiary/aromatic N) is 1. The molecule has 0 radical (unpaired) electrons. The molecule has 2 rings (SSSR count). The van der Waals surface area contributed by atoms with Gasteiger partial charge in [-0.2, -0.15) is 13.2 Å². The number of nitrogens with one attached hydrogen (secondary N) is 1. The molecule has 0 aliphatic heterocycles. The molecule has 0 saturated heterocycles. The number of hydrogen-bond donors (Lipinski definition) is 1. The summed E-state index contributed by atoms with van der Waals surface area (Å²) in [4.78, 5) is 33.4. The zero-order chi connectivity index (χ0) is 18.8. The lowest BCUT2D eigenvalue weighted by Crippen LogP contribution is -2.40. The van der Waals surface area contributed by atoms with Gasteiger partial charge in [0, 0.05) is 11.1 Å². The van der Waals surface area contributed by atoms with Crippen molar-refractivity contribution in [2.45, 2.75) is 37.9 Å². The fourth-order valence-corrected chi connectivity index (χ4v) is 2.92. The Labute approximate surface area is 140 Å². The van der Waals surface area contributed by atoms with Gasteiger partial charge in [0.25, 0.3) is 5.69 Å². The number of halogens is 3. The van der Waals surface area contributed by atoms with Crippen molar-refractivity contribution < 1.29 is 32.4 Å². The SMILES string of the molecule is COC(=O)Cc1ccc2c(c1[N+](=O)[O-])CCC[C@H]2NC(=O)C(F)(F)F. The van der Waals surface area contributed by atoms with Crippen LogP contribution >= 0.6 is 0 Å². The second-order valence-corrected chi connectivity index (χ2v) is 5.57. The summed E-state index contributed by atoms with van der Waals surface area (Å²) in [5, 5.41) is 13.3. The topological polar surface area (TPSA) is 98.5 Å². The highest BCUT2D eigenvalue weighted by molar-refractivity contribution is 5.82. The summed E-state index contributed by atoms with van der Waals surface area (Å²) in [7, 11) is 1.15. The van der Waals surface area contributed by atoms with Crippen molar-refractivity contribution in [1.29, 1.82) is 0 Å². The summed E-state index contributed by atoms with van der Waals surface area (Å²) < 4.78 is 41.9. The van der Waals surface area contributed by atoms with Crippen LogP contribution in [0.1, 0.15) is 35.6 Å². The number of amides is 1. The molecule has 0 heterocycles. The average Bonchev–Trinajstić information content (AvgIpc) is 2.53. The van der Waals surface area contributed by atoms with Gasteiger partial charge in [-0.3, -0.25) is 19.7 Å². The van der Waals surface area contributed by atoms with E-state index in [4.69, 9.17) is 0 Å². The van der Waals surface area contributed by atoms with Crippen molar-refractivity contribution in [3.8, 4) is 0 Å². The smallest absolute Gasteiger partial charge is 0.469 e. The molecule has 1 N–H and O–H groups in total. The highest BCUT2D eigenvalue weighted by atomic mass is 19.4. The van der Waals surface area contributed by atoms with Crippen molar-refractivity contribution in [2.24, 2.45) is 0 Å². The Morgan fingerprint density at radius 1 is 1.40 bits per heavy atom. The molecule has 1 aliphatic rings. The van der Waals surface area contributed by atoms with Gasteiger partial charge in [-0.15, -0.1) is 0 Å². The van der Waals surface area contributed by atoms with Crippen LogP contribution in [0.3, 0.4) is 0 Å². The van der Waals surface area contributed by atoms with E-state index in [-0.39, 0.29) is 41.6 Å². The van der Waals surface area contributed by atoms with Crippen molar-refractivity contribution in [3.05, 3.63) is 38.9 Å². The highest BCUT2D eigenvalue weighted by Gasteiger charge is 2.41. The average molecular weight is 360 g/mol. The fourth-order valence-electron chi connectivity index (χ4n) is 2.92. The number of nitro groups is 1. The van der Waals surface area contributed by atoms with Crippen LogP contribution in [0.25, 0.3) is 0 Å². The quantitative estimate of drug-likeness (QED) is 0.505. The van der Waals surface area contributed by atoms with Crippen LogP contribution in [-0.2, 0) is 27.2 Å². The third-order valence-corrected chi connectivity index (χ3v) is 4.01. The van der Waals surface area contributed by atoms with Crippen LogP contribution in [0.5, 0.6) is 0 Å². The molecule has 0 bridgehead atoms. The molecule has 10 heteroatoms. The van der Waals surface area contributed by atoms with Crippen molar-refractivity contribution in [1.82, 2.24) is 5.32 Å².